The van der Waals surface area contributed by atoms with Gasteiger partial charge in [0.1, 0.15) is 0 Å². The van der Waals surface area contributed by atoms with Gasteiger partial charge in [0, 0.05) is 55.6 Å². The first-order valence-electron chi connectivity index (χ1n) is 22.3. The van der Waals surface area contributed by atoms with Crippen LogP contribution in [-0.4, -0.2) is 82.5 Å². The topological polar surface area (TPSA) is 121 Å². The van der Waals surface area contributed by atoms with Crippen LogP contribution >= 0.6 is 0 Å². The normalized spacial score (nSPS) is 29.2. The first-order valence-corrected chi connectivity index (χ1v) is 22.3. The second-order valence-corrected chi connectivity index (χ2v) is 21.0. The molecule has 308 valence electrons. The van der Waals surface area contributed by atoms with Crippen molar-refractivity contribution in [1.29, 1.82) is 0 Å². The highest BCUT2D eigenvalue weighted by atomic mass is 16.2. The van der Waals surface area contributed by atoms with Crippen molar-refractivity contribution in [3.8, 4) is 0 Å². The molecule has 0 unspecified atom stereocenters. The summed E-state index contributed by atoms with van der Waals surface area (Å²) < 4.78 is 0. The molecule has 2 spiro atoms. The van der Waals surface area contributed by atoms with Crippen molar-refractivity contribution in [2.24, 2.45) is 51.2 Å². The lowest BCUT2D eigenvalue weighted by atomic mass is 9.73. The van der Waals surface area contributed by atoms with E-state index in [0.717, 1.165) is 77.2 Å². The van der Waals surface area contributed by atoms with Gasteiger partial charge < -0.3 is 15.1 Å². The maximum atomic E-state index is 15.2. The Hall–Kier alpha value is -2.42. The smallest absolute Gasteiger partial charge is 0.227 e. The third kappa shape index (κ3) is 8.04. The Morgan fingerprint density at radius 2 is 1.53 bits per heavy atom. The number of hydrogen-bond donors (Lipinski definition) is 1. The third-order valence-electron chi connectivity index (χ3n) is 16.2. The molecule has 0 aromatic carbocycles. The van der Waals surface area contributed by atoms with Crippen molar-refractivity contribution in [1.82, 2.24) is 15.1 Å². The number of carbonyl (C=O) groups excluding carboxylic acids is 6. The van der Waals surface area contributed by atoms with E-state index in [-0.39, 0.29) is 76.5 Å². The molecule has 2 heterocycles. The van der Waals surface area contributed by atoms with Crippen LogP contribution in [0.4, 0.5) is 0 Å². The Morgan fingerprint density at radius 3 is 2.05 bits per heavy atom. The highest BCUT2D eigenvalue weighted by Crippen LogP contribution is 2.88. The van der Waals surface area contributed by atoms with Crippen LogP contribution in [0.3, 0.4) is 0 Å². The Bertz CT molecular complexity index is 1500. The van der Waals surface area contributed by atoms with Crippen LogP contribution in [0, 0.1) is 51.2 Å². The van der Waals surface area contributed by atoms with Crippen LogP contribution in [0.5, 0.6) is 0 Å². The molecule has 9 heteroatoms. The number of likely N-dealkylation sites (tertiary alicyclic amines) is 2. The van der Waals surface area contributed by atoms with Gasteiger partial charge in [0.15, 0.2) is 17.3 Å². The van der Waals surface area contributed by atoms with Crippen molar-refractivity contribution in [2.45, 2.75) is 183 Å². The molecule has 2 saturated heterocycles. The molecule has 2 amide bonds. The zero-order valence-electron chi connectivity index (χ0n) is 35.6. The Kier molecular flexibility index (Phi) is 12.3. The maximum absolute atomic E-state index is 15.2. The third-order valence-corrected chi connectivity index (χ3v) is 16.2. The van der Waals surface area contributed by atoms with Gasteiger partial charge in [-0.2, -0.15) is 0 Å². The van der Waals surface area contributed by atoms with E-state index in [9.17, 15) is 24.0 Å². The lowest BCUT2D eigenvalue weighted by Gasteiger charge is -2.37. The molecule has 2 aliphatic heterocycles. The van der Waals surface area contributed by atoms with Crippen LogP contribution in [0.2, 0.25) is 0 Å². The predicted molar refractivity (Wildman–Crippen MR) is 214 cm³/mol. The molecule has 9 nitrogen and oxygen atoms in total. The molecule has 6 atom stereocenters. The molecule has 55 heavy (non-hydrogen) atoms. The summed E-state index contributed by atoms with van der Waals surface area (Å²) in [5.41, 5.74) is -0.694. The van der Waals surface area contributed by atoms with Crippen molar-refractivity contribution in [3.05, 3.63) is 0 Å². The average molecular weight is 764 g/mol. The quantitative estimate of drug-likeness (QED) is 0.152. The molecule has 0 bridgehead atoms. The zero-order valence-corrected chi connectivity index (χ0v) is 35.6. The molecule has 0 aromatic rings. The summed E-state index contributed by atoms with van der Waals surface area (Å²) in [4.78, 5) is 88.8. The van der Waals surface area contributed by atoms with Crippen molar-refractivity contribution in [2.75, 3.05) is 19.6 Å². The second kappa shape index (κ2) is 16.1. The van der Waals surface area contributed by atoms with Crippen LogP contribution in [0.25, 0.3) is 0 Å². The fraction of sp³-hybridized carbons (Fsp3) is 0.870. The summed E-state index contributed by atoms with van der Waals surface area (Å²) in [6.45, 7) is 19.0. The molecule has 0 aromatic heterocycles. The molecule has 1 N–H and O–H groups in total. The number of rotatable bonds is 17. The van der Waals surface area contributed by atoms with Gasteiger partial charge in [-0.05, 0) is 106 Å². The SMILES string of the molecule is CCC[C@H](CC(=O)[C@@H]1C[C@@]2(CN1C(=O)[C@@H](CC(=O)[C@@H](NC(=O)[C@H]1CCN(C(C)C)C1)C1CCCCC1)C(C)(C)C)C(C)(C)C21CCC1)C(=O)C(=O)CC1CC1. The van der Waals surface area contributed by atoms with Crippen LogP contribution in [0.15, 0.2) is 0 Å². The number of Topliss-reactive ketones (excluding diaryl/α,β-unsaturated/α-hetero) is 4. The molecular weight excluding hydrogens is 691 g/mol. The number of ketones is 4. The molecular formula is C46H73N3O6. The van der Waals surface area contributed by atoms with Gasteiger partial charge in [-0.1, -0.05) is 73.6 Å². The predicted octanol–water partition coefficient (Wildman–Crippen LogP) is 7.51. The summed E-state index contributed by atoms with van der Waals surface area (Å²) in [5.74, 6) is -2.31. The van der Waals surface area contributed by atoms with E-state index in [0.29, 0.717) is 44.3 Å². The van der Waals surface area contributed by atoms with E-state index in [2.05, 4.69) is 37.9 Å². The van der Waals surface area contributed by atoms with Gasteiger partial charge in [-0.15, -0.1) is 0 Å². The van der Waals surface area contributed by atoms with Crippen LogP contribution in [-0.2, 0) is 28.8 Å². The Balaban J connectivity index is 1.24. The van der Waals surface area contributed by atoms with Crippen LogP contribution in [0.1, 0.15) is 165 Å². The zero-order chi connectivity index (χ0) is 40.1. The minimum atomic E-state index is -0.683. The fourth-order valence-electron chi connectivity index (χ4n) is 12.0. The maximum Gasteiger partial charge on any atom is 0.227 e. The Labute approximate surface area is 331 Å². The van der Waals surface area contributed by atoms with E-state index in [1.54, 1.807) is 0 Å². The average Bonchev–Trinajstić information content (AvgIpc) is 3.78. The van der Waals surface area contributed by atoms with Gasteiger partial charge in [-0.3, -0.25) is 28.8 Å². The molecule has 0 radical (unpaired) electrons. The number of carbonyl (C=O) groups is 6. The number of fused-ring (bicyclic) bond motifs is 1. The second-order valence-electron chi connectivity index (χ2n) is 21.0. The molecule has 4 aliphatic carbocycles. The van der Waals surface area contributed by atoms with Gasteiger partial charge in [0.05, 0.1) is 18.0 Å². The minimum Gasteiger partial charge on any atom is -0.346 e. The number of nitrogens with one attached hydrogen (secondary N) is 1. The summed E-state index contributed by atoms with van der Waals surface area (Å²) in [6, 6.07) is -0.950. The lowest BCUT2D eigenvalue weighted by Crippen LogP contribution is -2.52. The van der Waals surface area contributed by atoms with E-state index in [1.807, 2.05) is 32.6 Å². The molecule has 6 rings (SSSR count). The Morgan fingerprint density at radius 1 is 0.855 bits per heavy atom. The molecule has 6 fully saturated rings. The lowest BCUT2D eigenvalue weighted by molar-refractivity contribution is -0.147. The van der Waals surface area contributed by atoms with Gasteiger partial charge in [0.25, 0.3) is 0 Å². The molecule has 6 aliphatic rings. The first kappa shape index (κ1) is 42.2. The summed E-state index contributed by atoms with van der Waals surface area (Å²) >= 11 is 0. The fourth-order valence-corrected chi connectivity index (χ4v) is 12.0. The van der Waals surface area contributed by atoms with E-state index in [1.165, 1.54) is 0 Å². The van der Waals surface area contributed by atoms with Gasteiger partial charge >= 0.3 is 0 Å². The highest BCUT2D eigenvalue weighted by molar-refractivity contribution is 6.38. The van der Waals surface area contributed by atoms with Gasteiger partial charge in [0.2, 0.25) is 17.6 Å². The van der Waals surface area contributed by atoms with Crippen molar-refractivity contribution in [3.63, 3.8) is 0 Å². The summed E-state index contributed by atoms with van der Waals surface area (Å²) in [7, 11) is 0. The van der Waals surface area contributed by atoms with E-state index < -0.39 is 35.1 Å². The van der Waals surface area contributed by atoms with E-state index >= 15 is 4.79 Å². The standard InChI is InChI=1S/C46H73N3O6/c1-9-14-32(40(53)38(52)23-30-17-18-30)24-36(50)35-26-46(44(7,8)45(46)20-13-21-45)28-49(35)42(55)34(43(4,5)6)25-37(51)39(31-15-11-10-12-16-31)47-41(54)33-19-22-48(27-33)29(2)3/h29-35,39H,9-28H2,1-8H3,(H,47,54)/t32-,33+,34-,35+,39+,46-/m1/s1. The van der Waals surface area contributed by atoms with E-state index in [4.69, 9.17) is 0 Å². The highest BCUT2D eigenvalue weighted by Gasteiger charge is 2.85. The largest absolute Gasteiger partial charge is 0.346 e. The number of amides is 2. The van der Waals surface area contributed by atoms with Gasteiger partial charge in [-0.25, -0.2) is 0 Å². The van der Waals surface area contributed by atoms with Crippen molar-refractivity contribution >= 4 is 34.9 Å². The number of nitrogens with zero attached hydrogens (tertiary/aromatic N) is 2. The monoisotopic (exact) mass is 764 g/mol. The number of hydrogen-bond acceptors (Lipinski definition) is 7. The van der Waals surface area contributed by atoms with Crippen molar-refractivity contribution < 1.29 is 28.8 Å². The minimum absolute atomic E-state index is 0.0120. The first-order chi connectivity index (χ1) is 25.9. The molecule has 4 saturated carbocycles. The summed E-state index contributed by atoms with van der Waals surface area (Å²) in [5, 5.41) is 3.26. The summed E-state index contributed by atoms with van der Waals surface area (Å²) in [6.07, 6.45) is 13.1. The van der Waals surface area contributed by atoms with Crippen LogP contribution < -0.4 is 5.32 Å².